The third-order valence-corrected chi connectivity index (χ3v) is 5.24. The molecule has 8 heteroatoms. The van der Waals surface area contributed by atoms with Crippen LogP contribution in [0.4, 0.5) is 5.82 Å². The van der Waals surface area contributed by atoms with Gasteiger partial charge in [0.2, 0.25) is 0 Å². The monoisotopic (exact) mass is 362 g/mol. The molecular weight excluding hydrogens is 344 g/mol. The van der Waals surface area contributed by atoms with Gasteiger partial charge in [0.05, 0.1) is 29.8 Å². The maximum atomic E-state index is 11.8. The molecule has 0 unspecified atom stereocenters. The fraction of sp³-hybridized carbons (Fsp3) is 0.263. The summed E-state index contributed by atoms with van der Waals surface area (Å²) in [6.07, 6.45) is 4.86. The van der Waals surface area contributed by atoms with Crippen LogP contribution in [0.1, 0.15) is 35.7 Å². The summed E-state index contributed by atoms with van der Waals surface area (Å²) in [4.78, 5) is 23.7. The lowest BCUT2D eigenvalue weighted by molar-refractivity contribution is 0.0601. The normalized spacial score (nSPS) is 14.6. The van der Waals surface area contributed by atoms with Crippen LogP contribution in [0.3, 0.4) is 0 Å². The molecule has 0 saturated heterocycles. The van der Waals surface area contributed by atoms with Gasteiger partial charge in [-0.1, -0.05) is 6.07 Å². The maximum absolute atomic E-state index is 11.8. The number of hydrogen-bond donors (Lipinski definition) is 2. The van der Waals surface area contributed by atoms with Gasteiger partial charge in [-0.05, 0) is 37.5 Å². The number of benzene rings is 1. The standard InChI is InChI=1S/C19H18N6O2/c1-27-19(26)11-6-5-10-7-14(23-13(10)8-11)16-15-17(20)21-9-22-18(15)25(24-16)12-3-2-4-12/h5-9,12,23H,2-4H2,1H3,(H2,20,21,22). The first kappa shape index (κ1) is 15.8. The number of aromatic amines is 1. The lowest BCUT2D eigenvalue weighted by atomic mass is 9.93. The third kappa shape index (κ3) is 2.37. The van der Waals surface area contributed by atoms with E-state index in [0.29, 0.717) is 17.4 Å². The second-order valence-corrected chi connectivity index (χ2v) is 6.81. The van der Waals surface area contributed by atoms with Crippen molar-refractivity contribution < 1.29 is 9.53 Å². The van der Waals surface area contributed by atoms with Gasteiger partial charge >= 0.3 is 5.97 Å². The van der Waals surface area contributed by atoms with Crippen molar-refractivity contribution in [1.82, 2.24) is 24.7 Å². The van der Waals surface area contributed by atoms with Crippen molar-refractivity contribution in [3.05, 3.63) is 36.2 Å². The number of nitrogens with zero attached hydrogens (tertiary/aromatic N) is 4. The van der Waals surface area contributed by atoms with E-state index < -0.39 is 0 Å². The van der Waals surface area contributed by atoms with Crippen LogP contribution in [0.2, 0.25) is 0 Å². The summed E-state index contributed by atoms with van der Waals surface area (Å²) in [7, 11) is 1.37. The predicted molar refractivity (Wildman–Crippen MR) is 101 cm³/mol. The Morgan fingerprint density at radius 2 is 2.15 bits per heavy atom. The zero-order valence-corrected chi connectivity index (χ0v) is 14.8. The number of rotatable bonds is 3. The number of H-pyrrole nitrogens is 1. The van der Waals surface area contributed by atoms with Crippen molar-refractivity contribution in [2.45, 2.75) is 25.3 Å². The lowest BCUT2D eigenvalue weighted by Crippen LogP contribution is -2.18. The summed E-state index contributed by atoms with van der Waals surface area (Å²) in [6, 6.07) is 7.75. The fourth-order valence-electron chi connectivity index (χ4n) is 3.57. The molecule has 1 fully saturated rings. The highest BCUT2D eigenvalue weighted by atomic mass is 16.5. The Kier molecular flexibility index (Phi) is 3.40. The van der Waals surface area contributed by atoms with E-state index in [0.717, 1.165) is 46.2 Å². The number of aromatic nitrogens is 5. The van der Waals surface area contributed by atoms with E-state index in [9.17, 15) is 4.79 Å². The largest absolute Gasteiger partial charge is 0.465 e. The number of hydrogen-bond acceptors (Lipinski definition) is 6. The molecule has 1 aliphatic carbocycles. The van der Waals surface area contributed by atoms with Gasteiger partial charge < -0.3 is 15.5 Å². The van der Waals surface area contributed by atoms with Gasteiger partial charge in [-0.25, -0.2) is 19.4 Å². The summed E-state index contributed by atoms with van der Waals surface area (Å²) >= 11 is 0. The first-order valence-electron chi connectivity index (χ1n) is 8.86. The quantitative estimate of drug-likeness (QED) is 0.542. The van der Waals surface area contributed by atoms with Crippen LogP contribution in [0.25, 0.3) is 33.3 Å². The zero-order valence-electron chi connectivity index (χ0n) is 14.8. The number of methoxy groups -OCH3 is 1. The minimum atomic E-state index is -0.370. The summed E-state index contributed by atoms with van der Waals surface area (Å²) < 4.78 is 6.77. The molecule has 1 aromatic carbocycles. The first-order chi connectivity index (χ1) is 13.2. The number of esters is 1. The zero-order chi connectivity index (χ0) is 18.5. The highest BCUT2D eigenvalue weighted by Crippen LogP contribution is 2.38. The number of carbonyl (C=O) groups excluding carboxylic acids is 1. The van der Waals surface area contributed by atoms with E-state index in [1.165, 1.54) is 19.9 Å². The smallest absolute Gasteiger partial charge is 0.337 e. The van der Waals surface area contributed by atoms with Crippen LogP contribution in [0, 0.1) is 0 Å². The number of carbonyl (C=O) groups is 1. The Bertz CT molecular complexity index is 1190. The van der Waals surface area contributed by atoms with E-state index in [1.54, 1.807) is 12.1 Å². The van der Waals surface area contributed by atoms with Gasteiger partial charge in [-0.2, -0.15) is 5.10 Å². The number of anilines is 1. The molecule has 136 valence electrons. The number of fused-ring (bicyclic) bond motifs is 2. The minimum Gasteiger partial charge on any atom is -0.465 e. The van der Waals surface area contributed by atoms with Crippen LogP contribution >= 0.6 is 0 Å². The van der Waals surface area contributed by atoms with Crippen LogP contribution in [0.15, 0.2) is 30.6 Å². The topological polar surface area (TPSA) is 112 Å². The van der Waals surface area contributed by atoms with E-state index >= 15 is 0 Å². The summed E-state index contributed by atoms with van der Waals surface area (Å²) in [5.41, 5.74) is 9.79. The van der Waals surface area contributed by atoms with Gasteiger partial charge in [-0.15, -0.1) is 0 Å². The van der Waals surface area contributed by atoms with Crippen LogP contribution in [-0.2, 0) is 4.74 Å². The van der Waals surface area contributed by atoms with Crippen LogP contribution < -0.4 is 5.73 Å². The lowest BCUT2D eigenvalue weighted by Gasteiger charge is -2.25. The Morgan fingerprint density at radius 3 is 2.89 bits per heavy atom. The highest BCUT2D eigenvalue weighted by Gasteiger charge is 2.26. The molecule has 1 saturated carbocycles. The average Bonchev–Trinajstić information content (AvgIpc) is 3.21. The molecule has 0 bridgehead atoms. The van der Waals surface area contributed by atoms with Gasteiger partial charge in [0.15, 0.2) is 5.65 Å². The molecule has 0 atom stereocenters. The Morgan fingerprint density at radius 1 is 1.30 bits per heavy atom. The second-order valence-electron chi connectivity index (χ2n) is 6.81. The number of nitrogens with two attached hydrogens (primary N) is 1. The molecule has 27 heavy (non-hydrogen) atoms. The molecule has 3 N–H and O–H groups in total. The van der Waals surface area contributed by atoms with Crippen molar-refractivity contribution in [2.75, 3.05) is 12.8 Å². The van der Waals surface area contributed by atoms with Crippen molar-refractivity contribution in [3.8, 4) is 11.4 Å². The first-order valence-corrected chi connectivity index (χ1v) is 8.86. The minimum absolute atomic E-state index is 0.353. The Labute approximate surface area is 154 Å². The van der Waals surface area contributed by atoms with Crippen molar-refractivity contribution in [1.29, 1.82) is 0 Å². The second kappa shape index (κ2) is 5.80. The van der Waals surface area contributed by atoms with Gasteiger partial charge in [0, 0.05) is 10.9 Å². The molecular formula is C19H18N6O2. The molecule has 0 aliphatic heterocycles. The number of nitrogen functional groups attached to an aromatic ring is 1. The third-order valence-electron chi connectivity index (χ3n) is 5.24. The average molecular weight is 362 g/mol. The Balaban J connectivity index is 1.70. The molecule has 3 aromatic heterocycles. The molecule has 0 amide bonds. The van der Waals surface area contributed by atoms with Crippen molar-refractivity contribution >= 4 is 33.7 Å². The van der Waals surface area contributed by atoms with Crippen molar-refractivity contribution in [3.63, 3.8) is 0 Å². The SMILES string of the molecule is COC(=O)c1ccc2cc(-c3nn(C4CCC4)c4ncnc(N)c34)[nH]c2c1. The van der Waals surface area contributed by atoms with Crippen molar-refractivity contribution in [2.24, 2.45) is 0 Å². The Hall–Kier alpha value is -3.42. The van der Waals surface area contributed by atoms with E-state index in [-0.39, 0.29) is 5.97 Å². The van der Waals surface area contributed by atoms with Crippen LogP contribution in [-0.4, -0.2) is 37.8 Å². The molecule has 0 radical (unpaired) electrons. The predicted octanol–water partition coefficient (Wildman–Crippen LogP) is 3.07. The number of nitrogens with one attached hydrogen (secondary N) is 1. The van der Waals surface area contributed by atoms with Crippen LogP contribution in [0.5, 0.6) is 0 Å². The molecule has 1 aliphatic rings. The molecule has 5 rings (SSSR count). The summed E-state index contributed by atoms with van der Waals surface area (Å²) in [6.45, 7) is 0. The van der Waals surface area contributed by atoms with Gasteiger partial charge in [0.1, 0.15) is 17.8 Å². The van der Waals surface area contributed by atoms with E-state index in [2.05, 4.69) is 15.0 Å². The summed E-state index contributed by atoms with van der Waals surface area (Å²) in [5, 5.41) is 6.55. The molecule has 8 nitrogen and oxygen atoms in total. The van der Waals surface area contributed by atoms with E-state index in [1.807, 2.05) is 16.8 Å². The number of ether oxygens (including phenoxy) is 1. The maximum Gasteiger partial charge on any atom is 0.337 e. The molecule has 4 aromatic rings. The van der Waals surface area contributed by atoms with E-state index in [4.69, 9.17) is 15.6 Å². The highest BCUT2D eigenvalue weighted by molar-refractivity contribution is 6.01. The van der Waals surface area contributed by atoms with Gasteiger partial charge in [-0.3, -0.25) is 0 Å². The molecule has 3 heterocycles. The fourth-order valence-corrected chi connectivity index (χ4v) is 3.57. The van der Waals surface area contributed by atoms with Gasteiger partial charge in [0.25, 0.3) is 0 Å². The summed E-state index contributed by atoms with van der Waals surface area (Å²) in [5.74, 6) is 0.0416. The molecule has 0 spiro atoms.